The zero-order valence-corrected chi connectivity index (χ0v) is 10.0. The Labute approximate surface area is 105 Å². The van der Waals surface area contributed by atoms with E-state index in [0.29, 0.717) is 0 Å². The van der Waals surface area contributed by atoms with Gasteiger partial charge in [0, 0.05) is 32.2 Å². The molecule has 0 atom stereocenters. The number of nitro groups is 1. The van der Waals surface area contributed by atoms with Crippen molar-refractivity contribution in [2.24, 2.45) is 0 Å². The van der Waals surface area contributed by atoms with Crippen molar-refractivity contribution in [1.82, 2.24) is 9.88 Å². The largest absolute Gasteiger partial charge is 0.381 e. The van der Waals surface area contributed by atoms with E-state index >= 15 is 0 Å². The van der Waals surface area contributed by atoms with E-state index in [1.54, 1.807) is 6.07 Å². The molecule has 7 heteroatoms. The Morgan fingerprint density at radius 2 is 2.22 bits per heavy atom. The summed E-state index contributed by atoms with van der Waals surface area (Å²) >= 11 is 0. The number of nitrogens with zero attached hydrogens (tertiary/aromatic N) is 3. The van der Waals surface area contributed by atoms with E-state index in [4.69, 9.17) is 4.74 Å². The van der Waals surface area contributed by atoms with Gasteiger partial charge in [-0.05, 0) is 16.0 Å². The molecule has 0 spiro atoms. The van der Waals surface area contributed by atoms with Crippen LogP contribution in [0.2, 0.25) is 0 Å². The molecule has 0 aliphatic carbocycles. The van der Waals surface area contributed by atoms with Gasteiger partial charge in [0.25, 0.3) is 0 Å². The van der Waals surface area contributed by atoms with Crippen molar-refractivity contribution < 1.29 is 9.66 Å². The van der Waals surface area contributed by atoms with Crippen molar-refractivity contribution >= 4 is 11.5 Å². The van der Waals surface area contributed by atoms with Gasteiger partial charge in [-0.2, -0.15) is 0 Å². The monoisotopic (exact) mass is 252 g/mol. The smallest absolute Gasteiger partial charge is 0.363 e. The maximum atomic E-state index is 10.4. The van der Waals surface area contributed by atoms with Gasteiger partial charge >= 0.3 is 5.82 Å². The van der Waals surface area contributed by atoms with Crippen molar-refractivity contribution in [2.75, 3.05) is 44.7 Å². The molecule has 1 N–H and O–H groups in total. The average molecular weight is 252 g/mol. The second kappa shape index (κ2) is 6.27. The Morgan fingerprint density at radius 1 is 1.44 bits per heavy atom. The molecule has 0 radical (unpaired) electrons. The predicted octanol–water partition coefficient (Wildman–Crippen LogP) is 0.734. The van der Waals surface area contributed by atoms with Crippen LogP contribution < -0.4 is 5.32 Å². The van der Waals surface area contributed by atoms with Crippen molar-refractivity contribution in [1.29, 1.82) is 0 Å². The highest BCUT2D eigenvalue weighted by Crippen LogP contribution is 2.11. The van der Waals surface area contributed by atoms with Crippen molar-refractivity contribution in [2.45, 2.75) is 0 Å². The molecular weight excluding hydrogens is 236 g/mol. The van der Waals surface area contributed by atoms with E-state index in [1.165, 1.54) is 12.3 Å². The molecule has 2 rings (SSSR count). The summed E-state index contributed by atoms with van der Waals surface area (Å²) in [5.41, 5.74) is 0.800. The average Bonchev–Trinajstić information content (AvgIpc) is 2.40. The fraction of sp³-hybridized carbons (Fsp3) is 0.545. The zero-order chi connectivity index (χ0) is 12.8. The van der Waals surface area contributed by atoms with Crippen LogP contribution in [0.4, 0.5) is 11.5 Å². The molecular formula is C11H16N4O3. The highest BCUT2D eigenvalue weighted by Gasteiger charge is 2.10. The summed E-state index contributed by atoms with van der Waals surface area (Å²) in [5, 5.41) is 13.6. The van der Waals surface area contributed by atoms with Crippen LogP contribution in [0.1, 0.15) is 0 Å². The maximum Gasteiger partial charge on any atom is 0.363 e. The van der Waals surface area contributed by atoms with Crippen molar-refractivity contribution in [3.63, 3.8) is 0 Å². The second-order valence-corrected chi connectivity index (χ2v) is 4.04. The number of nitrogens with one attached hydrogen (secondary N) is 1. The minimum absolute atomic E-state index is 0.131. The molecule has 2 heterocycles. The Kier molecular flexibility index (Phi) is 4.43. The second-order valence-electron chi connectivity index (χ2n) is 4.04. The lowest BCUT2D eigenvalue weighted by Crippen LogP contribution is -2.39. The number of hydrogen-bond donors (Lipinski definition) is 1. The summed E-state index contributed by atoms with van der Waals surface area (Å²) in [5.74, 6) is -0.131. The van der Waals surface area contributed by atoms with Gasteiger partial charge in [0.15, 0.2) is 6.20 Å². The highest BCUT2D eigenvalue weighted by molar-refractivity contribution is 5.43. The van der Waals surface area contributed by atoms with Crippen molar-refractivity contribution in [3.05, 3.63) is 28.4 Å². The summed E-state index contributed by atoms with van der Waals surface area (Å²) in [7, 11) is 0. The number of pyridine rings is 1. The number of hydrogen-bond acceptors (Lipinski definition) is 6. The van der Waals surface area contributed by atoms with E-state index in [1.807, 2.05) is 0 Å². The quantitative estimate of drug-likeness (QED) is 0.614. The van der Waals surface area contributed by atoms with E-state index in [0.717, 1.165) is 45.1 Å². The summed E-state index contributed by atoms with van der Waals surface area (Å²) < 4.78 is 5.26. The van der Waals surface area contributed by atoms with Crippen LogP contribution in [0.25, 0.3) is 0 Å². The topological polar surface area (TPSA) is 80.5 Å². The third kappa shape index (κ3) is 3.64. The molecule has 1 aliphatic heterocycles. The van der Waals surface area contributed by atoms with Gasteiger partial charge in [0.1, 0.15) is 0 Å². The lowest BCUT2D eigenvalue weighted by molar-refractivity contribution is -0.389. The molecule has 0 saturated carbocycles. The normalized spacial score (nSPS) is 16.4. The molecule has 1 aromatic heterocycles. The molecule has 0 aromatic carbocycles. The van der Waals surface area contributed by atoms with Gasteiger partial charge in [-0.3, -0.25) is 4.90 Å². The minimum atomic E-state index is -0.502. The fourth-order valence-corrected chi connectivity index (χ4v) is 1.78. The SMILES string of the molecule is O=[N+]([O-])c1ccc(NCCN2CCOCC2)cn1. The number of ether oxygens (including phenoxy) is 1. The van der Waals surface area contributed by atoms with Gasteiger partial charge in [-0.1, -0.05) is 0 Å². The Balaban J connectivity index is 1.74. The third-order valence-corrected chi connectivity index (χ3v) is 2.80. The van der Waals surface area contributed by atoms with E-state index in [9.17, 15) is 10.1 Å². The molecule has 98 valence electrons. The van der Waals surface area contributed by atoms with E-state index < -0.39 is 4.92 Å². The van der Waals surface area contributed by atoms with E-state index in [2.05, 4.69) is 15.2 Å². The van der Waals surface area contributed by atoms with Crippen LogP contribution >= 0.6 is 0 Å². The summed E-state index contributed by atoms with van der Waals surface area (Å²) in [6, 6.07) is 3.07. The van der Waals surface area contributed by atoms with Gasteiger partial charge in [0.2, 0.25) is 0 Å². The molecule has 0 bridgehead atoms. The van der Waals surface area contributed by atoms with Crippen LogP contribution in [0.5, 0.6) is 0 Å². The van der Waals surface area contributed by atoms with Gasteiger partial charge in [0.05, 0.1) is 18.9 Å². The first-order chi connectivity index (χ1) is 8.75. The summed E-state index contributed by atoms with van der Waals surface area (Å²) in [6.07, 6.45) is 1.48. The number of rotatable bonds is 5. The first kappa shape index (κ1) is 12.7. The zero-order valence-electron chi connectivity index (χ0n) is 10.0. The van der Waals surface area contributed by atoms with E-state index in [-0.39, 0.29) is 5.82 Å². The predicted molar refractivity (Wildman–Crippen MR) is 66.6 cm³/mol. The van der Waals surface area contributed by atoms with Crippen LogP contribution in [-0.2, 0) is 4.74 Å². The molecule has 1 fully saturated rings. The molecule has 1 aromatic rings. The van der Waals surface area contributed by atoms with Crippen molar-refractivity contribution in [3.8, 4) is 0 Å². The Bertz CT molecular complexity index is 390. The van der Waals surface area contributed by atoms with Gasteiger partial charge < -0.3 is 20.2 Å². The summed E-state index contributed by atoms with van der Waals surface area (Å²) in [6.45, 7) is 5.22. The Hall–Kier alpha value is -1.73. The van der Waals surface area contributed by atoms with Crippen LogP contribution in [-0.4, -0.2) is 54.2 Å². The fourth-order valence-electron chi connectivity index (χ4n) is 1.78. The molecule has 1 aliphatic rings. The lowest BCUT2D eigenvalue weighted by Gasteiger charge is -2.26. The third-order valence-electron chi connectivity index (χ3n) is 2.80. The number of anilines is 1. The van der Waals surface area contributed by atoms with Crippen LogP contribution in [0, 0.1) is 10.1 Å². The molecule has 7 nitrogen and oxygen atoms in total. The number of aromatic nitrogens is 1. The van der Waals surface area contributed by atoms with Gasteiger partial charge in [-0.25, -0.2) is 0 Å². The molecule has 0 amide bonds. The Morgan fingerprint density at radius 3 is 2.83 bits per heavy atom. The standard InChI is InChI=1S/C11H16N4O3/c16-15(17)11-2-1-10(9-13-11)12-3-4-14-5-7-18-8-6-14/h1-2,9,12H,3-8H2. The first-order valence-corrected chi connectivity index (χ1v) is 5.90. The first-order valence-electron chi connectivity index (χ1n) is 5.90. The molecule has 18 heavy (non-hydrogen) atoms. The maximum absolute atomic E-state index is 10.4. The van der Waals surface area contributed by atoms with Crippen LogP contribution in [0.15, 0.2) is 18.3 Å². The molecule has 0 unspecified atom stereocenters. The van der Waals surface area contributed by atoms with Gasteiger partial charge in [-0.15, -0.1) is 0 Å². The minimum Gasteiger partial charge on any atom is -0.381 e. The number of morpholine rings is 1. The summed E-state index contributed by atoms with van der Waals surface area (Å²) in [4.78, 5) is 16.0. The highest BCUT2D eigenvalue weighted by atomic mass is 16.6. The lowest BCUT2D eigenvalue weighted by atomic mass is 10.3. The molecule has 1 saturated heterocycles. The van der Waals surface area contributed by atoms with Crippen LogP contribution in [0.3, 0.4) is 0 Å².